The van der Waals surface area contributed by atoms with E-state index in [-0.39, 0.29) is 11.1 Å². The molecule has 0 spiro atoms. The summed E-state index contributed by atoms with van der Waals surface area (Å²) in [5.74, 6) is 0. The molecule has 22 heavy (non-hydrogen) atoms. The molecule has 0 aliphatic heterocycles. The summed E-state index contributed by atoms with van der Waals surface area (Å²) >= 11 is 14.1. The fourth-order valence-electron chi connectivity index (χ4n) is 2.10. The van der Waals surface area contributed by atoms with Crippen LogP contribution in [0.25, 0.3) is 0 Å². The van der Waals surface area contributed by atoms with Crippen molar-refractivity contribution in [1.82, 2.24) is 7.91 Å². The Balaban J connectivity index is 2.25. The normalized spacial score (nSPS) is 11.3. The molecule has 3 aromatic rings. The maximum Gasteiger partial charge on any atom is 0.264 e. The molecule has 3 rings (SSSR count). The third-order valence-corrected chi connectivity index (χ3v) is 5.47. The Hall–Kier alpha value is -1.34. The fraction of sp³-hybridized carbons (Fsp3) is 0.143. The van der Waals surface area contributed by atoms with Crippen LogP contribution in [0.15, 0.2) is 46.0 Å². The molecule has 2 heterocycles. The standard InChI is InChI=1S/C14H10Cl2N2O2S2/c1-8-2-4-9(5-3-8)14(17-12(19)6-10(15)21-17)18-13(20)7-11(16)22-18/h2-7,14H,1H3. The van der Waals surface area contributed by atoms with Crippen molar-refractivity contribution in [2.75, 3.05) is 0 Å². The number of rotatable bonds is 3. The van der Waals surface area contributed by atoms with Crippen molar-refractivity contribution in [2.45, 2.75) is 13.1 Å². The topological polar surface area (TPSA) is 44.0 Å². The first-order valence-corrected chi connectivity index (χ1v) is 8.59. The van der Waals surface area contributed by atoms with Crippen molar-refractivity contribution in [2.24, 2.45) is 0 Å². The molecule has 114 valence electrons. The predicted octanol–water partition coefficient (Wildman–Crippen LogP) is 3.84. The average Bonchev–Trinajstić information content (AvgIpc) is 2.95. The highest BCUT2D eigenvalue weighted by molar-refractivity contribution is 7.12. The minimum absolute atomic E-state index is 0.253. The molecule has 0 saturated heterocycles. The fourth-order valence-corrected chi connectivity index (χ4v) is 4.39. The van der Waals surface area contributed by atoms with Crippen molar-refractivity contribution in [3.8, 4) is 0 Å². The molecule has 4 nitrogen and oxygen atoms in total. The van der Waals surface area contributed by atoms with E-state index in [1.54, 1.807) is 0 Å². The zero-order chi connectivity index (χ0) is 15.9. The van der Waals surface area contributed by atoms with Crippen LogP contribution in [0, 0.1) is 6.92 Å². The summed E-state index contributed by atoms with van der Waals surface area (Å²) in [6.07, 6.45) is -0.587. The van der Waals surface area contributed by atoms with Gasteiger partial charge in [0.2, 0.25) is 0 Å². The van der Waals surface area contributed by atoms with Gasteiger partial charge in [0.1, 0.15) is 8.67 Å². The largest absolute Gasteiger partial charge is 0.268 e. The summed E-state index contributed by atoms with van der Waals surface area (Å²) < 4.78 is 3.69. The third-order valence-electron chi connectivity index (χ3n) is 3.10. The van der Waals surface area contributed by atoms with E-state index >= 15 is 0 Å². The summed E-state index contributed by atoms with van der Waals surface area (Å²) in [6.45, 7) is 1.97. The third kappa shape index (κ3) is 2.92. The Bertz CT molecular complexity index is 867. The number of nitrogens with zero attached hydrogens (tertiary/aromatic N) is 2. The Morgan fingerprint density at radius 3 is 1.73 bits per heavy atom. The number of benzene rings is 1. The average molecular weight is 373 g/mol. The van der Waals surface area contributed by atoms with Crippen LogP contribution in [0.5, 0.6) is 0 Å². The lowest BCUT2D eigenvalue weighted by Crippen LogP contribution is -2.29. The van der Waals surface area contributed by atoms with Crippen LogP contribution in [0.1, 0.15) is 17.3 Å². The van der Waals surface area contributed by atoms with Crippen LogP contribution in [0.3, 0.4) is 0 Å². The van der Waals surface area contributed by atoms with Crippen molar-refractivity contribution in [1.29, 1.82) is 0 Å². The molecule has 0 aliphatic carbocycles. The number of aryl methyl sites for hydroxylation is 1. The Kier molecular flexibility index (Phi) is 4.27. The van der Waals surface area contributed by atoms with Crippen molar-refractivity contribution < 1.29 is 0 Å². The molecular weight excluding hydrogens is 363 g/mol. The lowest BCUT2D eigenvalue weighted by Gasteiger charge is -2.18. The number of hydrogen-bond acceptors (Lipinski definition) is 4. The number of aromatic nitrogens is 2. The van der Waals surface area contributed by atoms with Gasteiger partial charge in [-0.05, 0) is 35.6 Å². The molecule has 8 heteroatoms. The Labute approximate surface area is 144 Å². The van der Waals surface area contributed by atoms with E-state index in [2.05, 4.69) is 0 Å². The minimum Gasteiger partial charge on any atom is -0.268 e. The first kappa shape index (κ1) is 15.6. The summed E-state index contributed by atoms with van der Waals surface area (Å²) in [4.78, 5) is 24.3. The van der Waals surface area contributed by atoms with Crippen LogP contribution in [-0.4, -0.2) is 7.91 Å². The lowest BCUT2D eigenvalue weighted by molar-refractivity contribution is 0.551. The second-order valence-corrected chi connectivity index (χ2v) is 7.99. The summed E-state index contributed by atoms with van der Waals surface area (Å²) in [5.41, 5.74) is 1.40. The zero-order valence-corrected chi connectivity index (χ0v) is 14.5. The van der Waals surface area contributed by atoms with Gasteiger partial charge in [0.25, 0.3) is 11.1 Å². The Morgan fingerprint density at radius 1 is 0.909 bits per heavy atom. The molecule has 2 aromatic heterocycles. The Morgan fingerprint density at radius 2 is 1.36 bits per heavy atom. The second kappa shape index (κ2) is 6.04. The molecule has 0 fully saturated rings. The van der Waals surface area contributed by atoms with Gasteiger partial charge in [0.05, 0.1) is 0 Å². The van der Waals surface area contributed by atoms with Gasteiger partial charge in [-0.1, -0.05) is 53.0 Å². The van der Waals surface area contributed by atoms with E-state index in [9.17, 15) is 9.59 Å². The van der Waals surface area contributed by atoms with Crippen LogP contribution in [0.2, 0.25) is 8.67 Å². The highest BCUT2D eigenvalue weighted by Gasteiger charge is 2.22. The number of hydrogen-bond donors (Lipinski definition) is 0. The van der Waals surface area contributed by atoms with Crippen LogP contribution in [-0.2, 0) is 0 Å². The van der Waals surface area contributed by atoms with Crippen LogP contribution >= 0.6 is 46.3 Å². The van der Waals surface area contributed by atoms with Gasteiger partial charge in [-0.25, -0.2) is 7.91 Å². The van der Waals surface area contributed by atoms with Gasteiger partial charge >= 0.3 is 0 Å². The number of halogens is 2. The summed E-state index contributed by atoms with van der Waals surface area (Å²) in [5, 5.41) is 0. The van der Waals surface area contributed by atoms with Gasteiger partial charge in [-0.15, -0.1) is 0 Å². The maximum absolute atomic E-state index is 12.2. The molecule has 1 aromatic carbocycles. The molecule has 0 amide bonds. The highest BCUT2D eigenvalue weighted by Crippen LogP contribution is 2.27. The zero-order valence-electron chi connectivity index (χ0n) is 11.3. The first-order valence-electron chi connectivity index (χ1n) is 6.29. The second-order valence-electron chi connectivity index (χ2n) is 4.69. The smallest absolute Gasteiger partial charge is 0.264 e. The maximum atomic E-state index is 12.2. The van der Waals surface area contributed by atoms with E-state index in [1.807, 2.05) is 31.2 Å². The van der Waals surface area contributed by atoms with Gasteiger partial charge < -0.3 is 0 Å². The van der Waals surface area contributed by atoms with E-state index in [0.29, 0.717) is 8.67 Å². The summed E-state index contributed by atoms with van der Waals surface area (Å²) in [6, 6.07) is 10.3. The van der Waals surface area contributed by atoms with Gasteiger partial charge in [0, 0.05) is 12.1 Å². The lowest BCUT2D eigenvalue weighted by atomic mass is 10.1. The van der Waals surface area contributed by atoms with E-state index < -0.39 is 6.17 Å². The van der Waals surface area contributed by atoms with E-state index in [0.717, 1.165) is 34.2 Å². The molecule has 0 saturated carbocycles. The van der Waals surface area contributed by atoms with Crippen LogP contribution < -0.4 is 11.1 Å². The molecule has 0 N–H and O–H groups in total. The minimum atomic E-state index is -0.587. The SMILES string of the molecule is Cc1ccc(C(n2sc(Cl)cc2=O)n2sc(Cl)cc2=O)cc1. The van der Waals surface area contributed by atoms with Crippen molar-refractivity contribution in [3.63, 3.8) is 0 Å². The first-order chi connectivity index (χ1) is 10.5. The monoisotopic (exact) mass is 372 g/mol. The molecule has 0 radical (unpaired) electrons. The summed E-state index contributed by atoms with van der Waals surface area (Å²) in [7, 11) is 0. The molecule has 0 bridgehead atoms. The van der Waals surface area contributed by atoms with Gasteiger partial charge in [-0.3, -0.25) is 9.59 Å². The van der Waals surface area contributed by atoms with E-state index in [1.165, 1.54) is 20.0 Å². The van der Waals surface area contributed by atoms with Crippen molar-refractivity contribution in [3.05, 3.63) is 76.9 Å². The molecule has 0 unspecified atom stereocenters. The van der Waals surface area contributed by atoms with Gasteiger partial charge in [-0.2, -0.15) is 0 Å². The van der Waals surface area contributed by atoms with Crippen molar-refractivity contribution >= 4 is 46.3 Å². The van der Waals surface area contributed by atoms with Crippen LogP contribution in [0.4, 0.5) is 0 Å². The van der Waals surface area contributed by atoms with Gasteiger partial charge in [0.15, 0.2) is 6.17 Å². The molecular formula is C14H10Cl2N2O2S2. The quantitative estimate of drug-likeness (QED) is 0.700. The molecule has 0 atom stereocenters. The molecule has 0 aliphatic rings. The predicted molar refractivity (Wildman–Crippen MR) is 91.9 cm³/mol. The highest BCUT2D eigenvalue weighted by atomic mass is 35.5. The van der Waals surface area contributed by atoms with E-state index in [4.69, 9.17) is 23.2 Å².